The van der Waals surface area contributed by atoms with Gasteiger partial charge in [0.2, 0.25) is 5.91 Å². The molecule has 1 fully saturated rings. The van der Waals surface area contributed by atoms with Crippen LogP contribution in [0.4, 0.5) is 5.69 Å². The summed E-state index contributed by atoms with van der Waals surface area (Å²) in [4.78, 5) is 16.9. The number of thioether (sulfide) groups is 1. The highest BCUT2D eigenvalue weighted by molar-refractivity contribution is 9.10. The molecule has 0 bridgehead atoms. The molecule has 1 saturated heterocycles. The summed E-state index contributed by atoms with van der Waals surface area (Å²) in [7, 11) is 1.93. The van der Waals surface area contributed by atoms with E-state index in [9.17, 15) is 4.79 Å². The summed E-state index contributed by atoms with van der Waals surface area (Å²) >= 11 is 4.89. The van der Waals surface area contributed by atoms with Gasteiger partial charge >= 0.3 is 0 Å². The number of hydrogen-bond acceptors (Lipinski definition) is 5. The molecule has 4 rings (SSSR count). The van der Waals surface area contributed by atoms with Crippen molar-refractivity contribution in [1.29, 1.82) is 0 Å². The van der Waals surface area contributed by atoms with Gasteiger partial charge in [0.25, 0.3) is 0 Å². The van der Waals surface area contributed by atoms with Gasteiger partial charge in [-0.1, -0.05) is 58.0 Å². The number of carbonyl (C=O) groups is 1. The van der Waals surface area contributed by atoms with Gasteiger partial charge in [0.05, 0.1) is 5.75 Å². The normalized spacial score (nSPS) is 14.3. The first-order valence-electron chi connectivity index (χ1n) is 9.48. The van der Waals surface area contributed by atoms with Crippen molar-refractivity contribution >= 4 is 39.3 Å². The van der Waals surface area contributed by atoms with E-state index in [1.54, 1.807) is 0 Å². The number of amides is 1. The number of nitrogens with zero attached hydrogens (tertiary/aromatic N) is 5. The van der Waals surface area contributed by atoms with Crippen molar-refractivity contribution < 1.29 is 4.79 Å². The van der Waals surface area contributed by atoms with Crippen LogP contribution in [0.1, 0.15) is 0 Å². The smallest absolute Gasteiger partial charge is 0.233 e. The topological polar surface area (TPSA) is 54.3 Å². The number of benzene rings is 2. The molecule has 8 heteroatoms. The van der Waals surface area contributed by atoms with Crippen LogP contribution in [-0.2, 0) is 11.8 Å². The molecule has 1 aliphatic rings. The van der Waals surface area contributed by atoms with Crippen molar-refractivity contribution in [3.63, 3.8) is 0 Å². The van der Waals surface area contributed by atoms with E-state index >= 15 is 0 Å². The summed E-state index contributed by atoms with van der Waals surface area (Å²) in [6.45, 7) is 3.21. The Hall–Kier alpha value is -2.32. The Bertz CT molecular complexity index is 968. The van der Waals surface area contributed by atoms with Crippen molar-refractivity contribution in [3.8, 4) is 11.4 Å². The maximum absolute atomic E-state index is 12.7. The third kappa shape index (κ3) is 4.64. The number of carbonyl (C=O) groups excluding carboxylic acids is 1. The quantitative estimate of drug-likeness (QED) is 0.531. The van der Waals surface area contributed by atoms with Crippen molar-refractivity contribution in [2.24, 2.45) is 7.05 Å². The monoisotopic (exact) mass is 471 g/mol. The molecule has 1 aromatic heterocycles. The Kier molecular flexibility index (Phi) is 6.20. The van der Waals surface area contributed by atoms with Crippen LogP contribution in [0.15, 0.2) is 64.2 Å². The first kappa shape index (κ1) is 20.0. The molecular formula is C21H22BrN5OS. The van der Waals surface area contributed by atoms with E-state index in [1.165, 1.54) is 17.4 Å². The van der Waals surface area contributed by atoms with Crippen molar-refractivity contribution in [2.75, 3.05) is 36.8 Å². The largest absolute Gasteiger partial charge is 0.368 e. The summed E-state index contributed by atoms with van der Waals surface area (Å²) in [6.07, 6.45) is 0. The number of rotatable bonds is 5. The molecule has 0 spiro atoms. The molecule has 2 aromatic carbocycles. The zero-order valence-electron chi connectivity index (χ0n) is 16.2. The van der Waals surface area contributed by atoms with E-state index in [2.05, 4.69) is 43.2 Å². The molecule has 3 aromatic rings. The summed E-state index contributed by atoms with van der Waals surface area (Å²) in [5.74, 6) is 1.32. The van der Waals surface area contributed by atoms with Crippen LogP contribution in [0.2, 0.25) is 0 Å². The Morgan fingerprint density at radius 3 is 2.38 bits per heavy atom. The molecule has 0 N–H and O–H groups in total. The highest BCUT2D eigenvalue weighted by Gasteiger charge is 2.22. The maximum atomic E-state index is 12.7. The van der Waals surface area contributed by atoms with Gasteiger partial charge in [0, 0.05) is 49.0 Å². The molecule has 29 heavy (non-hydrogen) atoms. The predicted molar refractivity (Wildman–Crippen MR) is 120 cm³/mol. The van der Waals surface area contributed by atoms with Gasteiger partial charge < -0.3 is 14.4 Å². The first-order chi connectivity index (χ1) is 14.1. The zero-order valence-corrected chi connectivity index (χ0v) is 18.6. The summed E-state index contributed by atoms with van der Waals surface area (Å²) in [6, 6.07) is 18.3. The fourth-order valence-electron chi connectivity index (χ4n) is 3.36. The van der Waals surface area contributed by atoms with E-state index in [0.29, 0.717) is 5.75 Å². The Morgan fingerprint density at radius 1 is 1.00 bits per heavy atom. The van der Waals surface area contributed by atoms with Crippen LogP contribution in [0.25, 0.3) is 11.4 Å². The lowest BCUT2D eigenvalue weighted by atomic mass is 10.2. The van der Waals surface area contributed by atoms with Gasteiger partial charge in [0.15, 0.2) is 11.0 Å². The van der Waals surface area contributed by atoms with Gasteiger partial charge in [-0.2, -0.15) is 0 Å². The van der Waals surface area contributed by atoms with E-state index in [0.717, 1.165) is 47.2 Å². The van der Waals surface area contributed by atoms with Crippen molar-refractivity contribution in [3.05, 3.63) is 59.1 Å². The van der Waals surface area contributed by atoms with Crippen LogP contribution < -0.4 is 4.90 Å². The number of halogens is 1. The highest BCUT2D eigenvalue weighted by atomic mass is 79.9. The van der Waals surface area contributed by atoms with Crippen LogP contribution in [0, 0.1) is 0 Å². The second kappa shape index (κ2) is 9.00. The average Bonchev–Trinajstić information content (AvgIpc) is 3.13. The SMILES string of the molecule is Cn1c(SCC(=O)N2CCN(c3ccccc3)CC2)nnc1-c1ccc(Br)cc1. The summed E-state index contributed by atoms with van der Waals surface area (Å²) in [5, 5.41) is 9.31. The Labute approximate surface area is 183 Å². The first-order valence-corrected chi connectivity index (χ1v) is 11.3. The van der Waals surface area contributed by atoms with E-state index in [4.69, 9.17) is 0 Å². The number of aromatic nitrogens is 3. The molecule has 2 heterocycles. The molecule has 0 aliphatic carbocycles. The second-order valence-electron chi connectivity index (χ2n) is 6.86. The van der Waals surface area contributed by atoms with Gasteiger partial charge in [-0.05, 0) is 24.3 Å². The van der Waals surface area contributed by atoms with Crippen LogP contribution in [-0.4, -0.2) is 57.5 Å². The summed E-state index contributed by atoms with van der Waals surface area (Å²) in [5.41, 5.74) is 2.21. The third-order valence-electron chi connectivity index (χ3n) is 5.02. The Morgan fingerprint density at radius 2 is 1.69 bits per heavy atom. The standard InChI is InChI=1S/C21H22BrN5OS/c1-25-20(16-7-9-17(22)10-8-16)23-24-21(25)29-15-19(28)27-13-11-26(12-14-27)18-5-3-2-4-6-18/h2-10H,11-15H2,1H3. The number of anilines is 1. The minimum Gasteiger partial charge on any atom is -0.368 e. The lowest BCUT2D eigenvalue weighted by Gasteiger charge is -2.36. The Balaban J connectivity index is 1.32. The molecule has 0 atom stereocenters. The minimum absolute atomic E-state index is 0.149. The molecule has 6 nitrogen and oxygen atoms in total. The number of piperazine rings is 1. The molecule has 0 saturated carbocycles. The summed E-state index contributed by atoms with van der Waals surface area (Å²) < 4.78 is 2.96. The molecule has 1 amide bonds. The van der Waals surface area contributed by atoms with Crippen molar-refractivity contribution in [2.45, 2.75) is 5.16 Å². The lowest BCUT2D eigenvalue weighted by molar-refractivity contribution is -0.128. The molecule has 0 radical (unpaired) electrons. The van der Waals surface area contributed by atoms with Crippen LogP contribution >= 0.6 is 27.7 Å². The highest BCUT2D eigenvalue weighted by Crippen LogP contribution is 2.24. The third-order valence-corrected chi connectivity index (χ3v) is 6.55. The fourth-order valence-corrected chi connectivity index (χ4v) is 4.44. The van der Waals surface area contributed by atoms with Gasteiger partial charge in [-0.15, -0.1) is 10.2 Å². The zero-order chi connectivity index (χ0) is 20.2. The second-order valence-corrected chi connectivity index (χ2v) is 8.72. The van der Waals surface area contributed by atoms with E-state index < -0.39 is 0 Å². The molecule has 1 aliphatic heterocycles. The van der Waals surface area contributed by atoms with Crippen molar-refractivity contribution in [1.82, 2.24) is 19.7 Å². The predicted octanol–water partition coefficient (Wildman–Crippen LogP) is 3.69. The van der Waals surface area contributed by atoms with Gasteiger partial charge in [-0.3, -0.25) is 4.79 Å². The number of hydrogen-bond donors (Lipinski definition) is 0. The number of para-hydroxylation sites is 1. The molecular weight excluding hydrogens is 450 g/mol. The average molecular weight is 472 g/mol. The molecule has 150 valence electrons. The maximum Gasteiger partial charge on any atom is 0.233 e. The lowest BCUT2D eigenvalue weighted by Crippen LogP contribution is -2.49. The van der Waals surface area contributed by atoms with Gasteiger partial charge in [-0.25, -0.2) is 0 Å². The van der Waals surface area contributed by atoms with Gasteiger partial charge in [0.1, 0.15) is 0 Å². The van der Waals surface area contributed by atoms with E-state index in [1.807, 2.05) is 59.0 Å². The van der Waals surface area contributed by atoms with Crippen LogP contribution in [0.5, 0.6) is 0 Å². The van der Waals surface area contributed by atoms with Crippen LogP contribution in [0.3, 0.4) is 0 Å². The minimum atomic E-state index is 0.149. The molecule has 0 unspecified atom stereocenters. The fraction of sp³-hybridized carbons (Fsp3) is 0.286. The van der Waals surface area contributed by atoms with E-state index in [-0.39, 0.29) is 5.91 Å².